The molecule has 1 saturated heterocycles. The molecule has 0 radical (unpaired) electrons. The fourth-order valence-corrected chi connectivity index (χ4v) is 4.33. The largest absolute Gasteiger partial charge is 0.448 e. The van der Waals surface area contributed by atoms with E-state index in [-0.39, 0.29) is 17.9 Å². The topological polar surface area (TPSA) is 93.3 Å². The SMILES string of the molecule is Cc1ocnc1C(=O)N1CCC[C@H]1c1ccc(C(=O)Nc2ccnn2C)s1. The zero-order chi connectivity index (χ0) is 19.0. The smallest absolute Gasteiger partial charge is 0.276 e. The maximum atomic E-state index is 12.8. The fraction of sp³-hybridized carbons (Fsp3) is 0.333. The van der Waals surface area contributed by atoms with Gasteiger partial charge >= 0.3 is 0 Å². The monoisotopic (exact) mass is 385 g/mol. The van der Waals surface area contributed by atoms with Crippen LogP contribution in [0.5, 0.6) is 0 Å². The lowest BCUT2D eigenvalue weighted by Gasteiger charge is -2.23. The number of anilines is 1. The van der Waals surface area contributed by atoms with Crippen LogP contribution >= 0.6 is 11.3 Å². The molecule has 1 aliphatic heterocycles. The summed E-state index contributed by atoms with van der Waals surface area (Å²) in [4.78, 5) is 32.8. The number of hydrogen-bond donors (Lipinski definition) is 1. The summed E-state index contributed by atoms with van der Waals surface area (Å²) in [5.41, 5.74) is 0.354. The quantitative estimate of drug-likeness (QED) is 0.745. The van der Waals surface area contributed by atoms with Crippen LogP contribution in [0.3, 0.4) is 0 Å². The van der Waals surface area contributed by atoms with Crippen molar-refractivity contribution in [2.75, 3.05) is 11.9 Å². The Hall–Kier alpha value is -2.94. The molecule has 0 unspecified atom stereocenters. The third kappa shape index (κ3) is 3.25. The van der Waals surface area contributed by atoms with Gasteiger partial charge in [-0.3, -0.25) is 14.3 Å². The summed E-state index contributed by atoms with van der Waals surface area (Å²) in [5, 5.41) is 6.88. The van der Waals surface area contributed by atoms with Crippen LogP contribution in [0.2, 0.25) is 0 Å². The predicted octanol–water partition coefficient (Wildman–Crippen LogP) is 3.01. The molecule has 0 spiro atoms. The van der Waals surface area contributed by atoms with Crippen molar-refractivity contribution >= 4 is 29.0 Å². The molecule has 3 aromatic rings. The number of carbonyl (C=O) groups is 2. The zero-order valence-electron chi connectivity index (χ0n) is 15.0. The van der Waals surface area contributed by atoms with Gasteiger partial charge in [0.1, 0.15) is 11.6 Å². The highest BCUT2D eigenvalue weighted by Gasteiger charge is 2.33. The van der Waals surface area contributed by atoms with Crippen molar-refractivity contribution in [1.29, 1.82) is 0 Å². The minimum atomic E-state index is -0.182. The van der Waals surface area contributed by atoms with E-state index < -0.39 is 0 Å². The number of nitrogens with one attached hydrogen (secondary N) is 1. The van der Waals surface area contributed by atoms with Gasteiger partial charge in [-0.05, 0) is 31.9 Å². The molecule has 4 heterocycles. The molecule has 140 valence electrons. The summed E-state index contributed by atoms with van der Waals surface area (Å²) in [5.74, 6) is 0.846. The fourth-order valence-electron chi connectivity index (χ4n) is 3.28. The maximum absolute atomic E-state index is 12.8. The van der Waals surface area contributed by atoms with Gasteiger partial charge in [0.15, 0.2) is 12.1 Å². The first-order chi connectivity index (χ1) is 13.0. The molecule has 0 aliphatic carbocycles. The molecule has 0 bridgehead atoms. The molecule has 1 aliphatic rings. The molecule has 1 N–H and O–H groups in total. The molecule has 8 nitrogen and oxygen atoms in total. The third-order valence-corrected chi connectivity index (χ3v) is 5.89. The average molecular weight is 385 g/mol. The van der Waals surface area contributed by atoms with E-state index in [0.717, 1.165) is 17.7 Å². The number of likely N-dealkylation sites (tertiary alicyclic amines) is 1. The first kappa shape index (κ1) is 17.5. The molecule has 27 heavy (non-hydrogen) atoms. The molecular weight excluding hydrogens is 366 g/mol. The van der Waals surface area contributed by atoms with E-state index in [1.807, 2.05) is 11.0 Å². The summed E-state index contributed by atoms with van der Waals surface area (Å²) in [6.07, 6.45) is 4.71. The van der Waals surface area contributed by atoms with Crippen molar-refractivity contribution in [3.05, 3.63) is 52.0 Å². The van der Waals surface area contributed by atoms with Crippen LogP contribution in [-0.2, 0) is 7.05 Å². The summed E-state index contributed by atoms with van der Waals surface area (Å²) >= 11 is 1.41. The number of thiophene rings is 1. The van der Waals surface area contributed by atoms with Gasteiger partial charge in [0.05, 0.1) is 17.1 Å². The van der Waals surface area contributed by atoms with E-state index >= 15 is 0 Å². The van der Waals surface area contributed by atoms with E-state index in [2.05, 4.69) is 15.4 Å². The molecule has 1 atom stereocenters. The minimum Gasteiger partial charge on any atom is -0.448 e. The number of amides is 2. The number of hydrogen-bond acceptors (Lipinski definition) is 6. The Bertz CT molecular complexity index is 989. The minimum absolute atomic E-state index is 0.0446. The van der Waals surface area contributed by atoms with Crippen LogP contribution < -0.4 is 5.32 Å². The highest BCUT2D eigenvalue weighted by atomic mass is 32.1. The van der Waals surface area contributed by atoms with Gasteiger partial charge in [0.25, 0.3) is 11.8 Å². The van der Waals surface area contributed by atoms with E-state index in [1.54, 1.807) is 37.0 Å². The first-order valence-corrected chi connectivity index (χ1v) is 9.46. The van der Waals surface area contributed by atoms with Crippen molar-refractivity contribution in [2.24, 2.45) is 7.05 Å². The van der Waals surface area contributed by atoms with Gasteiger partial charge in [0, 0.05) is 24.5 Å². The van der Waals surface area contributed by atoms with E-state index in [1.165, 1.54) is 17.7 Å². The summed E-state index contributed by atoms with van der Waals surface area (Å²) in [6, 6.07) is 5.42. The summed E-state index contributed by atoms with van der Waals surface area (Å²) in [7, 11) is 1.77. The second kappa shape index (κ2) is 6.99. The standard InChI is InChI=1S/C18H19N5O3S/c1-11-16(19-10-26-11)18(25)23-9-3-4-12(23)13-5-6-14(27-13)17(24)21-15-7-8-20-22(15)2/h5-8,10,12H,3-4,9H2,1-2H3,(H,21,24)/t12-/m0/s1. The zero-order valence-corrected chi connectivity index (χ0v) is 15.8. The number of rotatable bonds is 4. The number of oxazole rings is 1. The molecule has 3 aromatic heterocycles. The number of carbonyl (C=O) groups excluding carboxylic acids is 2. The molecule has 4 rings (SSSR count). The predicted molar refractivity (Wildman–Crippen MR) is 99.7 cm³/mol. The Kier molecular flexibility index (Phi) is 4.53. The van der Waals surface area contributed by atoms with Gasteiger partial charge in [-0.25, -0.2) is 4.98 Å². The van der Waals surface area contributed by atoms with Crippen molar-refractivity contribution in [3.63, 3.8) is 0 Å². The van der Waals surface area contributed by atoms with Crippen molar-refractivity contribution in [2.45, 2.75) is 25.8 Å². The summed E-state index contributed by atoms with van der Waals surface area (Å²) < 4.78 is 6.77. The Morgan fingerprint density at radius 3 is 2.89 bits per heavy atom. The van der Waals surface area contributed by atoms with Crippen LogP contribution in [0.4, 0.5) is 5.82 Å². The van der Waals surface area contributed by atoms with Gasteiger partial charge in [-0.1, -0.05) is 0 Å². The first-order valence-electron chi connectivity index (χ1n) is 8.64. The Labute approximate surface area is 159 Å². The van der Waals surface area contributed by atoms with E-state index in [0.29, 0.717) is 28.7 Å². The second-order valence-electron chi connectivity index (χ2n) is 6.41. The van der Waals surface area contributed by atoms with Crippen LogP contribution in [0.25, 0.3) is 0 Å². The number of aryl methyl sites for hydroxylation is 2. The second-order valence-corrected chi connectivity index (χ2v) is 7.53. The lowest BCUT2D eigenvalue weighted by molar-refractivity contribution is 0.0730. The average Bonchev–Trinajstić information content (AvgIpc) is 3.41. The van der Waals surface area contributed by atoms with E-state index in [9.17, 15) is 9.59 Å². The van der Waals surface area contributed by atoms with Crippen molar-refractivity contribution < 1.29 is 14.0 Å². The van der Waals surface area contributed by atoms with Gasteiger partial charge in [-0.15, -0.1) is 11.3 Å². The van der Waals surface area contributed by atoms with E-state index in [4.69, 9.17) is 4.42 Å². The Balaban J connectivity index is 1.52. The molecular formula is C18H19N5O3S. The summed E-state index contributed by atoms with van der Waals surface area (Å²) in [6.45, 7) is 2.40. The van der Waals surface area contributed by atoms with Crippen molar-refractivity contribution in [1.82, 2.24) is 19.7 Å². The number of nitrogens with zero attached hydrogens (tertiary/aromatic N) is 4. The maximum Gasteiger partial charge on any atom is 0.276 e. The van der Waals surface area contributed by atoms with Crippen LogP contribution in [0, 0.1) is 6.92 Å². The Morgan fingerprint density at radius 2 is 2.19 bits per heavy atom. The molecule has 9 heteroatoms. The molecule has 0 aromatic carbocycles. The molecule has 0 saturated carbocycles. The molecule has 2 amide bonds. The highest BCUT2D eigenvalue weighted by Crippen LogP contribution is 2.37. The van der Waals surface area contributed by atoms with Gasteiger partial charge in [0.2, 0.25) is 0 Å². The lowest BCUT2D eigenvalue weighted by Crippen LogP contribution is -2.30. The number of aromatic nitrogens is 3. The van der Waals surface area contributed by atoms with Gasteiger partial charge < -0.3 is 14.6 Å². The molecule has 1 fully saturated rings. The van der Waals surface area contributed by atoms with Crippen LogP contribution in [-0.4, -0.2) is 38.0 Å². The Morgan fingerprint density at radius 1 is 1.33 bits per heavy atom. The van der Waals surface area contributed by atoms with Crippen molar-refractivity contribution in [3.8, 4) is 0 Å². The highest BCUT2D eigenvalue weighted by molar-refractivity contribution is 7.14. The van der Waals surface area contributed by atoms with Gasteiger partial charge in [-0.2, -0.15) is 5.10 Å². The third-order valence-electron chi connectivity index (χ3n) is 4.70. The lowest BCUT2D eigenvalue weighted by atomic mass is 10.1. The van der Waals surface area contributed by atoms with Crippen LogP contribution in [0.1, 0.15) is 49.7 Å². The normalized spacial score (nSPS) is 16.7. The van der Waals surface area contributed by atoms with Crippen LogP contribution in [0.15, 0.2) is 35.2 Å².